The monoisotopic (exact) mass is 473 g/mol. The molecule has 0 bridgehead atoms. The Kier molecular flexibility index (Phi) is 8.31. The summed E-state index contributed by atoms with van der Waals surface area (Å²) in [7, 11) is -3.10. The lowest BCUT2D eigenvalue weighted by Crippen LogP contribution is -2.47. The first kappa shape index (κ1) is 23.7. The molecule has 30 heavy (non-hydrogen) atoms. The van der Waals surface area contributed by atoms with E-state index in [1.165, 1.54) is 6.26 Å². The largest absolute Gasteiger partial charge is 0.368 e. The number of H-pyrrole nitrogens is 1. The van der Waals surface area contributed by atoms with Crippen LogP contribution in [0.2, 0.25) is 5.02 Å². The van der Waals surface area contributed by atoms with Crippen molar-refractivity contribution in [1.82, 2.24) is 19.6 Å². The Morgan fingerprint density at radius 2 is 1.93 bits per heavy atom. The number of hydrogen-bond donors (Lipinski definition) is 2. The van der Waals surface area contributed by atoms with Crippen LogP contribution in [-0.2, 0) is 10.0 Å². The number of sulfonamides is 1. The smallest absolute Gasteiger partial charge is 0.208 e. The Morgan fingerprint density at radius 3 is 2.57 bits per heavy atom. The molecule has 3 rings (SSSR count). The molecular formula is C20H32ClN5O2S2. The number of nitrogens with zero attached hydrogens (tertiary/aromatic N) is 3. The third-order valence-corrected chi connectivity index (χ3v) is 7.89. The van der Waals surface area contributed by atoms with Crippen LogP contribution in [0, 0.1) is 0 Å². The van der Waals surface area contributed by atoms with Gasteiger partial charge in [-0.3, -0.25) is 4.90 Å². The van der Waals surface area contributed by atoms with E-state index < -0.39 is 10.0 Å². The van der Waals surface area contributed by atoms with E-state index >= 15 is 0 Å². The maximum absolute atomic E-state index is 11.1. The number of hydrogen-bond acceptors (Lipinski definition) is 6. The second-order valence-corrected chi connectivity index (χ2v) is 11.3. The van der Waals surface area contributed by atoms with Gasteiger partial charge in [0.05, 0.1) is 28.0 Å². The molecule has 1 aliphatic heterocycles. The highest BCUT2D eigenvalue weighted by Crippen LogP contribution is 2.33. The summed E-state index contributed by atoms with van der Waals surface area (Å²) in [6, 6.07) is 4.08. The van der Waals surface area contributed by atoms with Crippen LogP contribution in [0.25, 0.3) is 11.0 Å². The van der Waals surface area contributed by atoms with E-state index in [2.05, 4.69) is 39.4 Å². The minimum absolute atomic E-state index is 0.485. The molecule has 0 atom stereocenters. The molecule has 1 saturated heterocycles. The number of anilines is 1. The van der Waals surface area contributed by atoms with Crippen LogP contribution >= 0.6 is 23.4 Å². The topological polar surface area (TPSA) is 81.3 Å². The standard InChI is InChI=1S/C20H32ClN5O2S2/c1-4-15(5-2)29-20-23-17-13-16(21)19(14-18(17)24-20)26-11-9-25(10-12-26)8-6-7-22-30(3,27)28/h13-15,22H,4-12H2,1-3H3,(H,23,24). The number of benzene rings is 1. The lowest BCUT2D eigenvalue weighted by Gasteiger charge is -2.36. The molecule has 0 spiro atoms. The Balaban J connectivity index is 1.58. The quantitative estimate of drug-likeness (QED) is 0.405. The van der Waals surface area contributed by atoms with E-state index in [0.29, 0.717) is 11.8 Å². The number of aromatic amines is 1. The van der Waals surface area contributed by atoms with E-state index in [-0.39, 0.29) is 0 Å². The maximum Gasteiger partial charge on any atom is 0.208 e. The summed E-state index contributed by atoms with van der Waals surface area (Å²) < 4.78 is 24.8. The first-order chi connectivity index (χ1) is 14.3. The lowest BCUT2D eigenvalue weighted by molar-refractivity contribution is 0.255. The van der Waals surface area contributed by atoms with E-state index in [1.54, 1.807) is 11.8 Å². The number of imidazole rings is 1. The number of rotatable bonds is 10. The van der Waals surface area contributed by atoms with Gasteiger partial charge in [0.2, 0.25) is 10.0 Å². The van der Waals surface area contributed by atoms with Crippen molar-refractivity contribution in [1.29, 1.82) is 0 Å². The van der Waals surface area contributed by atoms with Crippen molar-refractivity contribution in [2.24, 2.45) is 0 Å². The van der Waals surface area contributed by atoms with Gasteiger partial charge >= 0.3 is 0 Å². The molecule has 0 saturated carbocycles. The van der Waals surface area contributed by atoms with Crippen molar-refractivity contribution in [3.8, 4) is 0 Å². The van der Waals surface area contributed by atoms with Gasteiger partial charge in [-0.2, -0.15) is 0 Å². The molecule has 0 radical (unpaired) electrons. The normalized spacial score (nSPS) is 16.1. The van der Waals surface area contributed by atoms with Crippen molar-refractivity contribution in [2.75, 3.05) is 50.4 Å². The van der Waals surface area contributed by atoms with Crippen LogP contribution < -0.4 is 9.62 Å². The van der Waals surface area contributed by atoms with Crippen LogP contribution in [0.5, 0.6) is 0 Å². The molecule has 0 unspecified atom stereocenters. The molecule has 1 aromatic carbocycles. The third-order valence-electron chi connectivity index (χ3n) is 5.45. The van der Waals surface area contributed by atoms with Crippen LogP contribution in [0.4, 0.5) is 5.69 Å². The van der Waals surface area contributed by atoms with Crippen molar-refractivity contribution in [2.45, 2.75) is 43.5 Å². The molecule has 0 aliphatic carbocycles. The Morgan fingerprint density at radius 1 is 1.23 bits per heavy atom. The zero-order chi connectivity index (χ0) is 21.7. The molecule has 1 aromatic heterocycles. The molecule has 1 fully saturated rings. The fourth-order valence-electron chi connectivity index (χ4n) is 3.68. The van der Waals surface area contributed by atoms with E-state index in [9.17, 15) is 8.42 Å². The average molecular weight is 474 g/mol. The minimum Gasteiger partial charge on any atom is -0.368 e. The summed E-state index contributed by atoms with van der Waals surface area (Å²) >= 11 is 8.41. The second kappa shape index (κ2) is 10.5. The molecule has 168 valence electrons. The summed E-state index contributed by atoms with van der Waals surface area (Å²) in [6.07, 6.45) is 4.25. The summed E-state index contributed by atoms with van der Waals surface area (Å²) in [5, 5.41) is 2.26. The van der Waals surface area contributed by atoms with Crippen molar-refractivity contribution < 1.29 is 8.42 Å². The van der Waals surface area contributed by atoms with E-state index in [4.69, 9.17) is 16.6 Å². The number of thioether (sulfide) groups is 1. The maximum atomic E-state index is 11.1. The molecule has 1 aliphatic rings. The first-order valence-corrected chi connectivity index (χ1v) is 13.7. The van der Waals surface area contributed by atoms with E-state index in [1.807, 2.05) is 6.07 Å². The van der Waals surface area contributed by atoms with Crippen molar-refractivity contribution in [3.05, 3.63) is 17.2 Å². The Bertz CT molecular complexity index is 938. The Labute approximate surface area is 189 Å². The zero-order valence-corrected chi connectivity index (χ0v) is 20.3. The van der Waals surface area contributed by atoms with Gasteiger partial charge < -0.3 is 9.88 Å². The van der Waals surface area contributed by atoms with Gasteiger partial charge in [0.25, 0.3) is 0 Å². The summed E-state index contributed by atoms with van der Waals surface area (Å²) in [4.78, 5) is 12.9. The number of aromatic nitrogens is 2. The predicted molar refractivity (Wildman–Crippen MR) is 127 cm³/mol. The highest BCUT2D eigenvalue weighted by Gasteiger charge is 2.20. The van der Waals surface area contributed by atoms with Gasteiger partial charge in [-0.25, -0.2) is 18.1 Å². The Hall–Kier alpha value is -1.00. The van der Waals surface area contributed by atoms with E-state index in [0.717, 1.165) is 78.9 Å². The molecule has 7 nitrogen and oxygen atoms in total. The highest BCUT2D eigenvalue weighted by molar-refractivity contribution is 7.99. The highest BCUT2D eigenvalue weighted by atomic mass is 35.5. The van der Waals surface area contributed by atoms with Gasteiger partial charge in [-0.1, -0.05) is 37.2 Å². The fourth-order valence-corrected chi connectivity index (χ4v) is 5.44. The zero-order valence-electron chi connectivity index (χ0n) is 17.9. The summed E-state index contributed by atoms with van der Waals surface area (Å²) in [6.45, 7) is 9.46. The number of halogens is 1. The van der Waals surface area contributed by atoms with Crippen LogP contribution in [0.3, 0.4) is 0 Å². The van der Waals surface area contributed by atoms with Gasteiger partial charge in [-0.15, -0.1) is 0 Å². The molecule has 10 heteroatoms. The lowest BCUT2D eigenvalue weighted by atomic mass is 10.2. The second-order valence-electron chi connectivity index (χ2n) is 7.77. The molecule has 2 aromatic rings. The fraction of sp³-hybridized carbons (Fsp3) is 0.650. The summed E-state index contributed by atoms with van der Waals surface area (Å²) in [5.74, 6) is 0. The SMILES string of the molecule is CCC(CC)Sc1nc2cc(Cl)c(N3CCN(CCCNS(C)(=O)=O)CC3)cc2[nH]1. The van der Waals surface area contributed by atoms with Crippen molar-refractivity contribution >= 4 is 50.1 Å². The van der Waals surface area contributed by atoms with Crippen molar-refractivity contribution in [3.63, 3.8) is 0 Å². The third kappa shape index (κ3) is 6.50. The molecule has 0 amide bonds. The predicted octanol–water partition coefficient (Wildman–Crippen LogP) is 3.56. The number of piperazine rings is 1. The number of nitrogens with one attached hydrogen (secondary N) is 2. The summed E-state index contributed by atoms with van der Waals surface area (Å²) in [5.41, 5.74) is 2.98. The van der Waals surface area contributed by atoms with Crippen LogP contribution in [-0.4, -0.2) is 74.1 Å². The molecular weight excluding hydrogens is 442 g/mol. The average Bonchev–Trinajstić information content (AvgIpc) is 3.09. The molecule has 2 N–H and O–H groups in total. The van der Waals surface area contributed by atoms with Gasteiger partial charge in [0, 0.05) is 38.0 Å². The van der Waals surface area contributed by atoms with Crippen LogP contribution in [0.1, 0.15) is 33.1 Å². The van der Waals surface area contributed by atoms with Gasteiger partial charge in [0.15, 0.2) is 5.16 Å². The number of fused-ring (bicyclic) bond motifs is 1. The minimum atomic E-state index is -3.10. The van der Waals surface area contributed by atoms with Gasteiger partial charge in [0.1, 0.15) is 0 Å². The van der Waals surface area contributed by atoms with Crippen LogP contribution in [0.15, 0.2) is 17.3 Å². The molecule has 2 heterocycles. The van der Waals surface area contributed by atoms with Gasteiger partial charge in [-0.05, 0) is 37.9 Å². The first-order valence-electron chi connectivity index (χ1n) is 10.6.